The van der Waals surface area contributed by atoms with Crippen LogP contribution in [0.3, 0.4) is 0 Å². The van der Waals surface area contributed by atoms with Gasteiger partial charge in [0.25, 0.3) is 0 Å². The fourth-order valence-electron chi connectivity index (χ4n) is 3.43. The van der Waals surface area contributed by atoms with Gasteiger partial charge in [-0.3, -0.25) is 4.99 Å². The van der Waals surface area contributed by atoms with Crippen molar-refractivity contribution in [2.24, 2.45) is 28.7 Å². The smallest absolute Gasteiger partial charge is 0.156 e. The average Bonchev–Trinajstić information content (AvgIpc) is 2.36. The summed E-state index contributed by atoms with van der Waals surface area (Å²) in [4.78, 5) is 5.17. The topological polar surface area (TPSA) is 24.4 Å². The summed E-state index contributed by atoms with van der Waals surface area (Å²) in [7, 11) is 0. The van der Waals surface area contributed by atoms with Crippen LogP contribution < -0.4 is 5.32 Å². The van der Waals surface area contributed by atoms with Crippen molar-refractivity contribution in [1.82, 2.24) is 5.32 Å². The highest BCUT2D eigenvalue weighted by Gasteiger charge is 2.36. The molecule has 2 atom stereocenters. The van der Waals surface area contributed by atoms with Gasteiger partial charge in [-0.05, 0) is 56.6 Å². The van der Waals surface area contributed by atoms with E-state index in [1.54, 1.807) is 11.8 Å². The summed E-state index contributed by atoms with van der Waals surface area (Å²) in [6.45, 7) is 13.8. The molecule has 0 bridgehead atoms. The maximum Gasteiger partial charge on any atom is 0.156 e. The van der Waals surface area contributed by atoms with E-state index in [0.717, 1.165) is 28.8 Å². The molecule has 1 rings (SSSR count). The van der Waals surface area contributed by atoms with Crippen LogP contribution >= 0.6 is 11.8 Å². The Morgan fingerprint density at radius 2 is 1.50 bits per heavy atom. The number of hydrogen-bond donors (Lipinski definition) is 1. The van der Waals surface area contributed by atoms with E-state index in [4.69, 9.17) is 4.99 Å². The molecular weight excluding hydrogens is 264 g/mol. The molecule has 0 heterocycles. The number of nitrogens with zero attached hydrogens (tertiary/aromatic N) is 1. The standard InChI is InChI=1S/C17H34N2S/c1-11(2)14-9-8-10-15(12(3)4)16(14)19-17(20-7)18-13(5)6/h11-16H,8-10H2,1-7H3,(H,18,19). The highest BCUT2D eigenvalue weighted by atomic mass is 32.2. The summed E-state index contributed by atoms with van der Waals surface area (Å²) in [5.41, 5.74) is 0. The lowest BCUT2D eigenvalue weighted by atomic mass is 9.69. The van der Waals surface area contributed by atoms with Crippen molar-refractivity contribution < 1.29 is 0 Å². The molecule has 3 heteroatoms. The second-order valence-corrected chi connectivity index (χ2v) is 7.97. The lowest BCUT2D eigenvalue weighted by Gasteiger charge is -2.40. The van der Waals surface area contributed by atoms with E-state index in [9.17, 15) is 0 Å². The fraction of sp³-hybridized carbons (Fsp3) is 0.941. The van der Waals surface area contributed by atoms with Crippen molar-refractivity contribution in [3.05, 3.63) is 0 Å². The summed E-state index contributed by atoms with van der Waals surface area (Å²) >= 11 is 1.76. The zero-order valence-electron chi connectivity index (χ0n) is 14.4. The molecule has 1 fully saturated rings. The second kappa shape index (κ2) is 8.31. The van der Waals surface area contributed by atoms with E-state index in [1.807, 2.05) is 0 Å². The molecule has 0 radical (unpaired) electrons. The van der Waals surface area contributed by atoms with E-state index in [2.05, 4.69) is 53.1 Å². The first-order chi connectivity index (χ1) is 9.36. The highest BCUT2D eigenvalue weighted by Crippen LogP contribution is 2.39. The van der Waals surface area contributed by atoms with Gasteiger partial charge in [-0.1, -0.05) is 45.9 Å². The summed E-state index contributed by atoms with van der Waals surface area (Å²) in [6.07, 6.45) is 6.20. The Morgan fingerprint density at radius 1 is 1.00 bits per heavy atom. The third kappa shape index (κ3) is 4.98. The summed E-state index contributed by atoms with van der Waals surface area (Å²) in [5.74, 6) is 2.94. The van der Waals surface area contributed by atoms with Gasteiger partial charge in [-0.25, -0.2) is 0 Å². The Kier molecular flexibility index (Phi) is 7.42. The molecule has 2 unspecified atom stereocenters. The van der Waals surface area contributed by atoms with Gasteiger partial charge in [-0.15, -0.1) is 0 Å². The Labute approximate surface area is 130 Å². The molecule has 0 aliphatic heterocycles. The molecule has 0 aromatic rings. The molecular formula is C17H34N2S. The number of thioether (sulfide) groups is 1. The van der Waals surface area contributed by atoms with E-state index in [0.29, 0.717) is 12.1 Å². The molecule has 20 heavy (non-hydrogen) atoms. The van der Waals surface area contributed by atoms with Gasteiger partial charge in [0.1, 0.15) is 0 Å². The molecule has 0 amide bonds. The van der Waals surface area contributed by atoms with Crippen LogP contribution in [0.5, 0.6) is 0 Å². The predicted molar refractivity (Wildman–Crippen MR) is 93.5 cm³/mol. The van der Waals surface area contributed by atoms with Crippen LogP contribution in [0.1, 0.15) is 60.8 Å². The molecule has 1 N–H and O–H groups in total. The molecule has 2 nitrogen and oxygen atoms in total. The van der Waals surface area contributed by atoms with E-state index in [-0.39, 0.29) is 0 Å². The number of rotatable bonds is 4. The van der Waals surface area contributed by atoms with Crippen molar-refractivity contribution in [3.63, 3.8) is 0 Å². The monoisotopic (exact) mass is 298 g/mol. The first-order valence-electron chi connectivity index (χ1n) is 8.25. The summed E-state index contributed by atoms with van der Waals surface area (Å²) in [5, 5.41) is 4.64. The van der Waals surface area contributed by atoms with Crippen LogP contribution in [0.4, 0.5) is 0 Å². The molecule has 1 aliphatic rings. The van der Waals surface area contributed by atoms with Gasteiger partial charge in [0, 0.05) is 6.04 Å². The molecule has 0 aromatic carbocycles. The van der Waals surface area contributed by atoms with Crippen molar-refractivity contribution in [2.45, 2.75) is 72.9 Å². The third-order valence-corrected chi connectivity index (χ3v) is 5.15. The first-order valence-corrected chi connectivity index (χ1v) is 9.47. The minimum absolute atomic E-state index is 0.458. The number of hydrogen-bond acceptors (Lipinski definition) is 2. The lowest BCUT2D eigenvalue weighted by molar-refractivity contribution is 0.142. The molecule has 0 spiro atoms. The van der Waals surface area contributed by atoms with E-state index in [1.165, 1.54) is 19.3 Å². The fourth-order valence-corrected chi connectivity index (χ4v) is 4.01. The summed E-state index contributed by atoms with van der Waals surface area (Å²) < 4.78 is 0. The minimum Gasteiger partial charge on any atom is -0.363 e. The van der Waals surface area contributed by atoms with Crippen molar-refractivity contribution in [3.8, 4) is 0 Å². The van der Waals surface area contributed by atoms with Gasteiger partial charge in [-0.2, -0.15) is 0 Å². The maximum atomic E-state index is 5.17. The molecule has 0 saturated heterocycles. The van der Waals surface area contributed by atoms with Crippen molar-refractivity contribution in [2.75, 3.05) is 6.26 Å². The summed E-state index contributed by atoms with van der Waals surface area (Å²) in [6, 6.07) is 0.956. The number of aliphatic imine (C=N–C) groups is 1. The molecule has 118 valence electrons. The SMILES string of the molecule is CSC(=NC1C(C(C)C)CCCC1C(C)C)NC(C)C. The Hall–Kier alpha value is -0.180. The van der Waals surface area contributed by atoms with Gasteiger partial charge in [0.15, 0.2) is 5.17 Å². The Bertz CT molecular complexity index is 294. The average molecular weight is 299 g/mol. The third-order valence-electron chi connectivity index (χ3n) is 4.54. The maximum absolute atomic E-state index is 5.17. The Morgan fingerprint density at radius 3 is 1.85 bits per heavy atom. The first kappa shape index (κ1) is 17.9. The van der Waals surface area contributed by atoms with Gasteiger partial charge in [0.2, 0.25) is 0 Å². The van der Waals surface area contributed by atoms with Gasteiger partial charge >= 0.3 is 0 Å². The lowest BCUT2D eigenvalue weighted by Crippen LogP contribution is -2.40. The van der Waals surface area contributed by atoms with E-state index >= 15 is 0 Å². The largest absolute Gasteiger partial charge is 0.363 e. The number of nitrogens with one attached hydrogen (secondary N) is 1. The van der Waals surface area contributed by atoms with E-state index < -0.39 is 0 Å². The molecule has 0 aromatic heterocycles. The normalized spacial score (nSPS) is 28.5. The van der Waals surface area contributed by atoms with Crippen molar-refractivity contribution in [1.29, 1.82) is 0 Å². The van der Waals surface area contributed by atoms with Crippen molar-refractivity contribution >= 4 is 16.9 Å². The Balaban J connectivity index is 2.98. The van der Waals surface area contributed by atoms with Crippen LogP contribution in [-0.4, -0.2) is 23.5 Å². The quantitative estimate of drug-likeness (QED) is 0.595. The predicted octanol–water partition coefficient (Wildman–Crippen LogP) is 4.80. The van der Waals surface area contributed by atoms with Crippen LogP contribution in [0, 0.1) is 23.7 Å². The zero-order valence-corrected chi connectivity index (χ0v) is 15.3. The van der Waals surface area contributed by atoms with Crippen LogP contribution in [0.25, 0.3) is 0 Å². The van der Waals surface area contributed by atoms with Crippen LogP contribution in [0.2, 0.25) is 0 Å². The van der Waals surface area contributed by atoms with Crippen LogP contribution in [-0.2, 0) is 0 Å². The minimum atomic E-state index is 0.458. The van der Waals surface area contributed by atoms with Gasteiger partial charge < -0.3 is 5.32 Å². The highest BCUT2D eigenvalue weighted by molar-refractivity contribution is 8.13. The van der Waals surface area contributed by atoms with Gasteiger partial charge in [0.05, 0.1) is 6.04 Å². The molecule has 1 saturated carbocycles. The second-order valence-electron chi connectivity index (χ2n) is 7.17. The molecule has 1 aliphatic carbocycles. The van der Waals surface area contributed by atoms with Crippen LogP contribution in [0.15, 0.2) is 4.99 Å². The zero-order chi connectivity index (χ0) is 15.3. The number of amidine groups is 1.